The normalized spacial score (nSPS) is 19.6. The summed E-state index contributed by atoms with van der Waals surface area (Å²) < 4.78 is 23.3. The van der Waals surface area contributed by atoms with Gasteiger partial charge in [0.15, 0.2) is 0 Å². The van der Waals surface area contributed by atoms with E-state index in [1.807, 2.05) is 0 Å². The highest BCUT2D eigenvalue weighted by Crippen LogP contribution is 2.16. The maximum absolute atomic E-state index is 11.7. The smallest absolute Gasteiger partial charge is 0.309 e. The molecule has 0 spiro atoms. The van der Waals surface area contributed by atoms with Crippen LogP contribution in [0.3, 0.4) is 0 Å². The minimum Gasteiger partial charge on any atom is -0.481 e. The first-order valence-corrected chi connectivity index (χ1v) is 3.83. The molecule has 1 saturated heterocycles. The SMILES string of the molecule is O=C(O)C1CN(CCC(F)F)C1. The Kier molecular flexibility index (Phi) is 2.97. The lowest BCUT2D eigenvalue weighted by molar-refractivity contribution is -0.147. The Hall–Kier alpha value is -0.710. The van der Waals surface area contributed by atoms with Gasteiger partial charge in [0.25, 0.3) is 0 Å². The lowest BCUT2D eigenvalue weighted by Gasteiger charge is -2.36. The molecule has 1 heterocycles. The molecule has 0 amide bonds. The lowest BCUT2D eigenvalue weighted by atomic mass is 10.0. The first-order valence-electron chi connectivity index (χ1n) is 3.83. The molecule has 12 heavy (non-hydrogen) atoms. The van der Waals surface area contributed by atoms with Gasteiger partial charge in [-0.05, 0) is 0 Å². The fourth-order valence-electron chi connectivity index (χ4n) is 1.19. The maximum atomic E-state index is 11.7. The Morgan fingerprint density at radius 2 is 2.17 bits per heavy atom. The summed E-state index contributed by atoms with van der Waals surface area (Å²) in [5, 5.41) is 8.45. The summed E-state index contributed by atoms with van der Waals surface area (Å²) in [5.74, 6) is -1.18. The highest BCUT2D eigenvalue weighted by atomic mass is 19.3. The number of aliphatic carboxylic acids is 1. The van der Waals surface area contributed by atoms with Crippen LogP contribution in [-0.2, 0) is 4.79 Å². The van der Waals surface area contributed by atoms with Gasteiger partial charge in [-0.2, -0.15) is 0 Å². The third kappa shape index (κ3) is 2.41. The molecular formula is C7H11F2NO2. The minimum absolute atomic E-state index is 0.160. The molecule has 1 rings (SSSR count). The molecule has 3 nitrogen and oxygen atoms in total. The minimum atomic E-state index is -2.28. The Bertz CT molecular complexity index is 169. The van der Waals surface area contributed by atoms with Crippen molar-refractivity contribution in [3.8, 4) is 0 Å². The van der Waals surface area contributed by atoms with Crippen LogP contribution < -0.4 is 0 Å². The fraction of sp³-hybridized carbons (Fsp3) is 0.857. The highest BCUT2D eigenvalue weighted by Gasteiger charge is 2.32. The number of carbonyl (C=O) groups is 1. The summed E-state index contributed by atoms with van der Waals surface area (Å²) in [6, 6.07) is 0. The molecule has 1 aliphatic rings. The summed E-state index contributed by atoms with van der Waals surface area (Å²) in [6.45, 7) is 1.14. The predicted octanol–water partition coefficient (Wildman–Crippen LogP) is 0.658. The number of nitrogens with zero attached hydrogens (tertiary/aromatic N) is 1. The van der Waals surface area contributed by atoms with Gasteiger partial charge in [-0.25, -0.2) is 8.78 Å². The van der Waals surface area contributed by atoms with E-state index in [2.05, 4.69) is 0 Å². The van der Waals surface area contributed by atoms with Crippen LogP contribution in [0.25, 0.3) is 0 Å². The summed E-state index contributed by atoms with van der Waals surface area (Å²) in [5.41, 5.74) is 0. The Balaban J connectivity index is 2.06. The van der Waals surface area contributed by atoms with Gasteiger partial charge in [0.1, 0.15) is 0 Å². The molecule has 0 aromatic carbocycles. The molecule has 0 aliphatic carbocycles. The van der Waals surface area contributed by atoms with E-state index in [9.17, 15) is 13.6 Å². The molecule has 0 bridgehead atoms. The van der Waals surface area contributed by atoms with Crippen molar-refractivity contribution < 1.29 is 18.7 Å². The van der Waals surface area contributed by atoms with E-state index >= 15 is 0 Å². The number of carboxylic acids is 1. The molecule has 0 radical (unpaired) electrons. The van der Waals surface area contributed by atoms with Gasteiger partial charge >= 0.3 is 5.97 Å². The van der Waals surface area contributed by atoms with Gasteiger partial charge in [0.05, 0.1) is 5.92 Å². The van der Waals surface area contributed by atoms with Gasteiger partial charge in [0, 0.05) is 26.1 Å². The monoisotopic (exact) mass is 179 g/mol. The number of likely N-dealkylation sites (tertiary alicyclic amines) is 1. The zero-order valence-electron chi connectivity index (χ0n) is 6.54. The summed E-state index contributed by atoms with van der Waals surface area (Å²) in [4.78, 5) is 12.0. The fourth-order valence-corrected chi connectivity index (χ4v) is 1.19. The molecular weight excluding hydrogens is 168 g/mol. The lowest BCUT2D eigenvalue weighted by Crippen LogP contribution is -2.50. The van der Waals surface area contributed by atoms with Crippen molar-refractivity contribution >= 4 is 5.97 Å². The molecule has 0 saturated carbocycles. The average Bonchev–Trinajstić information content (AvgIpc) is 1.82. The Labute approximate surface area is 69.0 Å². The number of halogens is 2. The molecule has 1 N–H and O–H groups in total. The topological polar surface area (TPSA) is 40.5 Å². The van der Waals surface area contributed by atoms with Crippen LogP contribution in [0.2, 0.25) is 0 Å². The van der Waals surface area contributed by atoms with Crippen molar-refractivity contribution in [2.75, 3.05) is 19.6 Å². The van der Waals surface area contributed by atoms with Crippen molar-refractivity contribution in [3.63, 3.8) is 0 Å². The molecule has 0 atom stereocenters. The number of rotatable bonds is 4. The first-order chi connectivity index (χ1) is 5.59. The van der Waals surface area contributed by atoms with Gasteiger partial charge in [0.2, 0.25) is 6.43 Å². The van der Waals surface area contributed by atoms with Crippen molar-refractivity contribution in [1.82, 2.24) is 4.90 Å². The number of carboxylic acid groups (broad SMARTS) is 1. The zero-order chi connectivity index (χ0) is 9.14. The van der Waals surface area contributed by atoms with Gasteiger partial charge in [-0.15, -0.1) is 0 Å². The van der Waals surface area contributed by atoms with Crippen molar-refractivity contribution in [1.29, 1.82) is 0 Å². The van der Waals surface area contributed by atoms with E-state index < -0.39 is 12.4 Å². The highest BCUT2D eigenvalue weighted by molar-refractivity contribution is 5.71. The largest absolute Gasteiger partial charge is 0.481 e. The third-order valence-corrected chi connectivity index (χ3v) is 1.97. The summed E-state index contributed by atoms with van der Waals surface area (Å²) in [7, 11) is 0. The predicted molar refractivity (Wildman–Crippen MR) is 38.2 cm³/mol. The van der Waals surface area contributed by atoms with E-state index in [1.54, 1.807) is 4.90 Å². The average molecular weight is 179 g/mol. The van der Waals surface area contributed by atoms with E-state index in [0.717, 1.165) is 0 Å². The van der Waals surface area contributed by atoms with Crippen LogP contribution in [0, 0.1) is 5.92 Å². The zero-order valence-corrected chi connectivity index (χ0v) is 6.54. The van der Waals surface area contributed by atoms with Crippen LogP contribution >= 0.6 is 0 Å². The van der Waals surface area contributed by atoms with Crippen LogP contribution in [0.4, 0.5) is 8.78 Å². The second kappa shape index (κ2) is 3.80. The molecule has 0 unspecified atom stereocenters. The van der Waals surface area contributed by atoms with Gasteiger partial charge in [-0.3, -0.25) is 4.79 Å². The molecule has 1 aliphatic heterocycles. The van der Waals surface area contributed by atoms with Gasteiger partial charge in [-0.1, -0.05) is 0 Å². The molecule has 1 fully saturated rings. The number of hydrogen-bond donors (Lipinski definition) is 1. The summed E-state index contributed by atoms with van der Waals surface area (Å²) >= 11 is 0. The van der Waals surface area contributed by atoms with Crippen LogP contribution in [0.15, 0.2) is 0 Å². The first kappa shape index (κ1) is 9.38. The second-order valence-corrected chi connectivity index (χ2v) is 2.97. The van der Waals surface area contributed by atoms with Crippen LogP contribution in [0.1, 0.15) is 6.42 Å². The molecule has 5 heteroatoms. The van der Waals surface area contributed by atoms with Crippen LogP contribution in [0.5, 0.6) is 0 Å². The summed E-state index contributed by atoms with van der Waals surface area (Å²) in [6.07, 6.45) is -2.44. The number of alkyl halides is 2. The van der Waals surface area contributed by atoms with E-state index in [1.165, 1.54) is 0 Å². The van der Waals surface area contributed by atoms with E-state index in [-0.39, 0.29) is 12.3 Å². The standard InChI is InChI=1S/C7H11F2NO2/c8-6(9)1-2-10-3-5(4-10)7(11)12/h5-6H,1-4H2,(H,11,12). The quantitative estimate of drug-likeness (QED) is 0.689. The molecule has 0 aromatic rings. The molecule has 0 aromatic heterocycles. The van der Waals surface area contributed by atoms with E-state index in [0.29, 0.717) is 19.6 Å². The van der Waals surface area contributed by atoms with Crippen molar-refractivity contribution in [2.45, 2.75) is 12.8 Å². The van der Waals surface area contributed by atoms with E-state index in [4.69, 9.17) is 5.11 Å². The number of hydrogen-bond acceptors (Lipinski definition) is 2. The van der Waals surface area contributed by atoms with Crippen LogP contribution in [-0.4, -0.2) is 42.0 Å². The molecule has 70 valence electrons. The van der Waals surface area contributed by atoms with Crippen molar-refractivity contribution in [3.05, 3.63) is 0 Å². The Morgan fingerprint density at radius 3 is 2.58 bits per heavy atom. The Morgan fingerprint density at radius 1 is 1.58 bits per heavy atom. The van der Waals surface area contributed by atoms with Gasteiger partial charge < -0.3 is 10.0 Å². The maximum Gasteiger partial charge on any atom is 0.309 e. The third-order valence-electron chi connectivity index (χ3n) is 1.97. The second-order valence-electron chi connectivity index (χ2n) is 2.97. The van der Waals surface area contributed by atoms with Crippen molar-refractivity contribution in [2.24, 2.45) is 5.92 Å².